The van der Waals surface area contributed by atoms with Gasteiger partial charge in [0.15, 0.2) is 0 Å². The van der Waals surface area contributed by atoms with Crippen LogP contribution < -0.4 is 10.6 Å². The average Bonchev–Trinajstić information content (AvgIpc) is 2.69. The molecule has 1 amide bonds. The SMILES string of the molecule is Cc1cc(Br)cc(C)c1NC(=O)C1CNCC1C. The van der Waals surface area contributed by atoms with Crippen molar-refractivity contribution in [2.24, 2.45) is 11.8 Å². The molecule has 98 valence electrons. The van der Waals surface area contributed by atoms with E-state index in [0.717, 1.165) is 34.4 Å². The van der Waals surface area contributed by atoms with Crippen LogP contribution in [0.15, 0.2) is 16.6 Å². The van der Waals surface area contributed by atoms with Crippen LogP contribution in [0.3, 0.4) is 0 Å². The van der Waals surface area contributed by atoms with Crippen LogP contribution in [0.4, 0.5) is 5.69 Å². The van der Waals surface area contributed by atoms with Gasteiger partial charge in [-0.05, 0) is 49.6 Å². The minimum Gasteiger partial charge on any atom is -0.325 e. The lowest BCUT2D eigenvalue weighted by atomic mass is 9.97. The van der Waals surface area contributed by atoms with E-state index < -0.39 is 0 Å². The second-order valence-corrected chi connectivity index (χ2v) is 6.06. The molecule has 1 saturated heterocycles. The fourth-order valence-corrected chi connectivity index (χ4v) is 3.17. The number of amides is 1. The van der Waals surface area contributed by atoms with Gasteiger partial charge in [0.25, 0.3) is 0 Å². The van der Waals surface area contributed by atoms with Crippen LogP contribution in [0, 0.1) is 25.7 Å². The van der Waals surface area contributed by atoms with E-state index in [1.807, 2.05) is 26.0 Å². The Hall–Kier alpha value is -0.870. The van der Waals surface area contributed by atoms with Crippen molar-refractivity contribution >= 4 is 27.5 Å². The molecule has 1 aromatic rings. The third kappa shape index (κ3) is 2.75. The van der Waals surface area contributed by atoms with E-state index in [-0.39, 0.29) is 11.8 Å². The molecule has 3 nitrogen and oxygen atoms in total. The standard InChI is InChI=1S/C14H19BrN2O/c1-8-4-11(15)5-9(2)13(8)17-14(18)12-7-16-6-10(12)3/h4-5,10,12,16H,6-7H2,1-3H3,(H,17,18). The number of halogens is 1. The Morgan fingerprint density at radius 3 is 2.44 bits per heavy atom. The summed E-state index contributed by atoms with van der Waals surface area (Å²) in [6.45, 7) is 7.86. The van der Waals surface area contributed by atoms with Gasteiger partial charge in [-0.3, -0.25) is 4.79 Å². The third-order valence-corrected chi connectivity index (χ3v) is 4.06. The molecule has 0 aromatic heterocycles. The van der Waals surface area contributed by atoms with Crippen LogP contribution in [-0.4, -0.2) is 19.0 Å². The van der Waals surface area contributed by atoms with Crippen molar-refractivity contribution in [2.45, 2.75) is 20.8 Å². The fourth-order valence-electron chi connectivity index (χ4n) is 2.48. The second kappa shape index (κ2) is 5.41. The number of hydrogen-bond acceptors (Lipinski definition) is 2. The molecule has 0 radical (unpaired) electrons. The summed E-state index contributed by atoms with van der Waals surface area (Å²) in [5.74, 6) is 0.606. The van der Waals surface area contributed by atoms with Crippen LogP contribution >= 0.6 is 15.9 Å². The Morgan fingerprint density at radius 1 is 1.33 bits per heavy atom. The molecule has 0 spiro atoms. The number of hydrogen-bond donors (Lipinski definition) is 2. The minimum atomic E-state index is 0.0763. The lowest BCUT2D eigenvalue weighted by molar-refractivity contribution is -0.120. The predicted octanol–water partition coefficient (Wildman–Crippen LogP) is 2.86. The van der Waals surface area contributed by atoms with Gasteiger partial charge in [-0.15, -0.1) is 0 Å². The molecule has 1 heterocycles. The average molecular weight is 311 g/mol. The quantitative estimate of drug-likeness (QED) is 0.882. The van der Waals surface area contributed by atoms with Gasteiger partial charge in [0.2, 0.25) is 5.91 Å². The lowest BCUT2D eigenvalue weighted by Gasteiger charge is -2.17. The first-order valence-electron chi connectivity index (χ1n) is 6.27. The first-order valence-corrected chi connectivity index (χ1v) is 7.06. The number of aryl methyl sites for hydroxylation is 2. The number of benzene rings is 1. The molecule has 4 heteroatoms. The second-order valence-electron chi connectivity index (χ2n) is 5.15. The van der Waals surface area contributed by atoms with Gasteiger partial charge in [-0.25, -0.2) is 0 Å². The molecule has 0 aliphatic carbocycles. The van der Waals surface area contributed by atoms with Crippen molar-refractivity contribution in [3.05, 3.63) is 27.7 Å². The predicted molar refractivity (Wildman–Crippen MR) is 77.8 cm³/mol. The molecule has 1 fully saturated rings. The highest BCUT2D eigenvalue weighted by Gasteiger charge is 2.29. The smallest absolute Gasteiger partial charge is 0.229 e. The van der Waals surface area contributed by atoms with Crippen LogP contribution in [0.2, 0.25) is 0 Å². The molecule has 2 N–H and O–H groups in total. The first-order chi connectivity index (χ1) is 8.49. The van der Waals surface area contributed by atoms with E-state index >= 15 is 0 Å². The molecule has 1 aromatic carbocycles. The summed E-state index contributed by atoms with van der Waals surface area (Å²) in [6, 6.07) is 4.05. The van der Waals surface area contributed by atoms with E-state index in [1.165, 1.54) is 0 Å². The van der Waals surface area contributed by atoms with E-state index in [4.69, 9.17) is 0 Å². The highest BCUT2D eigenvalue weighted by Crippen LogP contribution is 2.26. The van der Waals surface area contributed by atoms with Gasteiger partial charge in [-0.1, -0.05) is 22.9 Å². The molecule has 0 saturated carbocycles. The molecule has 2 atom stereocenters. The van der Waals surface area contributed by atoms with E-state index in [2.05, 4.69) is 33.5 Å². The summed E-state index contributed by atoms with van der Waals surface area (Å²) >= 11 is 3.47. The summed E-state index contributed by atoms with van der Waals surface area (Å²) in [6.07, 6.45) is 0. The van der Waals surface area contributed by atoms with Crippen LogP contribution in [-0.2, 0) is 4.79 Å². The van der Waals surface area contributed by atoms with Crippen molar-refractivity contribution in [1.29, 1.82) is 0 Å². The van der Waals surface area contributed by atoms with Crippen molar-refractivity contribution in [3.63, 3.8) is 0 Å². The Labute approximate surface area is 116 Å². The van der Waals surface area contributed by atoms with E-state index in [9.17, 15) is 4.79 Å². The van der Waals surface area contributed by atoms with Crippen molar-refractivity contribution in [2.75, 3.05) is 18.4 Å². The van der Waals surface area contributed by atoms with E-state index in [0.29, 0.717) is 5.92 Å². The van der Waals surface area contributed by atoms with E-state index in [1.54, 1.807) is 0 Å². The monoisotopic (exact) mass is 310 g/mol. The molecule has 1 aliphatic heterocycles. The minimum absolute atomic E-state index is 0.0763. The summed E-state index contributed by atoms with van der Waals surface area (Å²) in [5.41, 5.74) is 3.13. The molecule has 0 bridgehead atoms. The fraction of sp³-hybridized carbons (Fsp3) is 0.500. The van der Waals surface area contributed by atoms with Gasteiger partial charge in [0.1, 0.15) is 0 Å². The highest BCUT2D eigenvalue weighted by atomic mass is 79.9. The first kappa shape index (κ1) is 13.6. The number of carbonyl (C=O) groups excluding carboxylic acids is 1. The Bertz CT molecular complexity index is 450. The van der Waals surface area contributed by atoms with Crippen molar-refractivity contribution < 1.29 is 4.79 Å². The van der Waals surface area contributed by atoms with Crippen LogP contribution in [0.5, 0.6) is 0 Å². The van der Waals surface area contributed by atoms with Crippen LogP contribution in [0.25, 0.3) is 0 Å². The van der Waals surface area contributed by atoms with Crippen molar-refractivity contribution in [1.82, 2.24) is 5.32 Å². The Balaban J connectivity index is 2.17. The Morgan fingerprint density at radius 2 is 1.94 bits per heavy atom. The maximum Gasteiger partial charge on any atom is 0.229 e. The van der Waals surface area contributed by atoms with Gasteiger partial charge in [0, 0.05) is 16.7 Å². The molecule has 2 unspecified atom stereocenters. The molecular formula is C14H19BrN2O. The summed E-state index contributed by atoms with van der Waals surface area (Å²) in [7, 11) is 0. The summed E-state index contributed by atoms with van der Waals surface area (Å²) < 4.78 is 1.05. The largest absolute Gasteiger partial charge is 0.325 e. The van der Waals surface area contributed by atoms with Gasteiger partial charge in [0.05, 0.1) is 5.92 Å². The third-order valence-electron chi connectivity index (χ3n) is 3.60. The number of anilines is 1. The zero-order valence-corrected chi connectivity index (χ0v) is 12.6. The lowest BCUT2D eigenvalue weighted by Crippen LogP contribution is -2.28. The highest BCUT2D eigenvalue weighted by molar-refractivity contribution is 9.10. The molecule has 1 aliphatic rings. The molecular weight excluding hydrogens is 292 g/mol. The number of carbonyl (C=O) groups is 1. The number of nitrogens with one attached hydrogen (secondary N) is 2. The normalized spacial score (nSPS) is 23.1. The van der Waals surface area contributed by atoms with Gasteiger partial charge in [-0.2, -0.15) is 0 Å². The zero-order valence-electron chi connectivity index (χ0n) is 11.0. The molecule has 2 rings (SSSR count). The summed E-state index contributed by atoms with van der Waals surface area (Å²) in [5, 5.41) is 6.34. The zero-order chi connectivity index (χ0) is 13.3. The Kier molecular flexibility index (Phi) is 4.07. The topological polar surface area (TPSA) is 41.1 Å². The molecule has 18 heavy (non-hydrogen) atoms. The van der Waals surface area contributed by atoms with Gasteiger partial charge < -0.3 is 10.6 Å². The number of rotatable bonds is 2. The summed E-state index contributed by atoms with van der Waals surface area (Å²) in [4.78, 5) is 12.3. The van der Waals surface area contributed by atoms with Crippen LogP contribution in [0.1, 0.15) is 18.1 Å². The van der Waals surface area contributed by atoms with Gasteiger partial charge >= 0.3 is 0 Å². The maximum absolute atomic E-state index is 12.3. The van der Waals surface area contributed by atoms with Crippen molar-refractivity contribution in [3.8, 4) is 0 Å². The maximum atomic E-state index is 12.3.